The van der Waals surface area contributed by atoms with Gasteiger partial charge in [-0.25, -0.2) is 4.98 Å². The summed E-state index contributed by atoms with van der Waals surface area (Å²) in [7, 11) is 1.79. The highest BCUT2D eigenvalue weighted by molar-refractivity contribution is 5.79. The standard InChI is InChI=1S/C19H35N5O/c1-15-8-6-10-24(14-15)11-7-9-21-18(20-5)23-13-17-22-12-16(25-17)19(2,3)4/h12,15H,6-11,13-14H2,1-5H3,(H2,20,21,23). The summed E-state index contributed by atoms with van der Waals surface area (Å²) >= 11 is 0. The molecule has 6 nitrogen and oxygen atoms in total. The Bertz CT molecular complexity index is 546. The number of nitrogens with one attached hydrogen (secondary N) is 2. The lowest BCUT2D eigenvalue weighted by Crippen LogP contribution is -2.39. The van der Waals surface area contributed by atoms with Crippen molar-refractivity contribution in [1.82, 2.24) is 20.5 Å². The molecule has 0 spiro atoms. The quantitative estimate of drug-likeness (QED) is 0.470. The van der Waals surface area contributed by atoms with Gasteiger partial charge < -0.3 is 20.0 Å². The second-order valence-corrected chi connectivity index (χ2v) is 8.12. The Morgan fingerprint density at radius 3 is 2.84 bits per heavy atom. The molecule has 0 aliphatic carbocycles. The van der Waals surface area contributed by atoms with Crippen LogP contribution in [0.15, 0.2) is 15.6 Å². The maximum Gasteiger partial charge on any atom is 0.213 e. The van der Waals surface area contributed by atoms with Crippen LogP contribution in [0.3, 0.4) is 0 Å². The van der Waals surface area contributed by atoms with Crippen LogP contribution < -0.4 is 10.6 Å². The van der Waals surface area contributed by atoms with Gasteiger partial charge in [-0.05, 0) is 38.3 Å². The first-order valence-corrected chi connectivity index (χ1v) is 9.50. The molecule has 0 radical (unpaired) electrons. The van der Waals surface area contributed by atoms with E-state index in [1.54, 1.807) is 7.05 Å². The average Bonchev–Trinajstić information content (AvgIpc) is 3.03. The number of hydrogen-bond donors (Lipinski definition) is 2. The summed E-state index contributed by atoms with van der Waals surface area (Å²) in [6.45, 7) is 13.8. The zero-order chi connectivity index (χ0) is 18.3. The number of hydrogen-bond acceptors (Lipinski definition) is 4. The first-order chi connectivity index (χ1) is 11.9. The van der Waals surface area contributed by atoms with E-state index in [9.17, 15) is 0 Å². The van der Waals surface area contributed by atoms with Gasteiger partial charge in [-0.2, -0.15) is 0 Å². The minimum Gasteiger partial charge on any atom is -0.443 e. The van der Waals surface area contributed by atoms with Crippen molar-refractivity contribution in [1.29, 1.82) is 0 Å². The molecule has 0 bridgehead atoms. The lowest BCUT2D eigenvalue weighted by molar-refractivity contribution is 0.182. The van der Waals surface area contributed by atoms with E-state index in [-0.39, 0.29) is 5.41 Å². The molecule has 2 rings (SSSR count). The molecule has 0 saturated carbocycles. The van der Waals surface area contributed by atoms with Crippen molar-refractivity contribution in [3.63, 3.8) is 0 Å². The molecule has 2 N–H and O–H groups in total. The summed E-state index contributed by atoms with van der Waals surface area (Å²) in [6, 6.07) is 0. The highest BCUT2D eigenvalue weighted by Crippen LogP contribution is 2.22. The van der Waals surface area contributed by atoms with Crippen LogP contribution in [0.1, 0.15) is 58.6 Å². The Morgan fingerprint density at radius 1 is 1.40 bits per heavy atom. The van der Waals surface area contributed by atoms with Crippen LogP contribution in [0.25, 0.3) is 0 Å². The molecule has 142 valence electrons. The molecule has 6 heteroatoms. The Morgan fingerprint density at radius 2 is 2.20 bits per heavy atom. The maximum absolute atomic E-state index is 5.79. The Balaban J connectivity index is 1.66. The molecule has 0 amide bonds. The maximum atomic E-state index is 5.79. The molecule has 1 fully saturated rings. The third-order valence-corrected chi connectivity index (χ3v) is 4.61. The molecule has 1 atom stereocenters. The second kappa shape index (κ2) is 9.22. The van der Waals surface area contributed by atoms with Gasteiger partial charge in [0, 0.05) is 25.6 Å². The van der Waals surface area contributed by atoms with E-state index in [0.29, 0.717) is 12.4 Å². The van der Waals surface area contributed by atoms with E-state index < -0.39 is 0 Å². The Kier molecular flexibility index (Phi) is 7.29. The van der Waals surface area contributed by atoms with Crippen molar-refractivity contribution in [3.05, 3.63) is 17.8 Å². The Labute approximate surface area is 152 Å². The highest BCUT2D eigenvalue weighted by atomic mass is 16.4. The molecule has 1 aromatic heterocycles. The summed E-state index contributed by atoms with van der Waals surface area (Å²) in [5, 5.41) is 6.64. The lowest BCUT2D eigenvalue weighted by atomic mass is 9.94. The highest BCUT2D eigenvalue weighted by Gasteiger charge is 2.19. The van der Waals surface area contributed by atoms with Gasteiger partial charge in [0.15, 0.2) is 5.96 Å². The molecule has 2 heterocycles. The number of piperidine rings is 1. The summed E-state index contributed by atoms with van der Waals surface area (Å²) in [6.07, 6.45) is 5.65. The normalized spacial score (nSPS) is 19.9. The SMILES string of the molecule is CN=C(NCCCN1CCCC(C)C1)NCc1ncc(C(C)(C)C)o1. The summed E-state index contributed by atoms with van der Waals surface area (Å²) in [5.41, 5.74) is -0.0167. The van der Waals surface area contributed by atoms with Gasteiger partial charge in [0.2, 0.25) is 5.89 Å². The number of likely N-dealkylation sites (tertiary alicyclic amines) is 1. The fourth-order valence-corrected chi connectivity index (χ4v) is 3.12. The average molecular weight is 350 g/mol. The van der Waals surface area contributed by atoms with Crippen LogP contribution in [0.4, 0.5) is 0 Å². The fraction of sp³-hybridized carbons (Fsp3) is 0.789. The van der Waals surface area contributed by atoms with E-state index in [1.165, 1.54) is 25.9 Å². The van der Waals surface area contributed by atoms with Crippen molar-refractivity contribution in [3.8, 4) is 0 Å². The molecule has 0 aromatic carbocycles. The number of aromatic nitrogens is 1. The van der Waals surface area contributed by atoms with Crippen molar-refractivity contribution >= 4 is 5.96 Å². The molecular weight excluding hydrogens is 314 g/mol. The zero-order valence-electron chi connectivity index (χ0n) is 16.6. The summed E-state index contributed by atoms with van der Waals surface area (Å²) in [5.74, 6) is 3.23. The molecule has 1 aromatic rings. The first kappa shape index (κ1) is 19.8. The fourth-order valence-electron chi connectivity index (χ4n) is 3.12. The first-order valence-electron chi connectivity index (χ1n) is 9.50. The molecule has 1 unspecified atom stereocenters. The number of guanidine groups is 1. The molecular formula is C19H35N5O. The monoisotopic (exact) mass is 349 g/mol. The van der Waals surface area contributed by atoms with Crippen molar-refractivity contribution in [2.75, 3.05) is 33.2 Å². The number of oxazole rings is 1. The minimum absolute atomic E-state index is 0.0167. The smallest absolute Gasteiger partial charge is 0.213 e. The molecule has 1 aliphatic heterocycles. The van der Waals surface area contributed by atoms with Crippen molar-refractivity contribution in [2.45, 2.75) is 58.9 Å². The van der Waals surface area contributed by atoms with Crippen LogP contribution >= 0.6 is 0 Å². The third-order valence-electron chi connectivity index (χ3n) is 4.61. The van der Waals surface area contributed by atoms with Gasteiger partial charge >= 0.3 is 0 Å². The van der Waals surface area contributed by atoms with Crippen LogP contribution in [-0.2, 0) is 12.0 Å². The predicted molar refractivity (Wildman–Crippen MR) is 103 cm³/mol. The van der Waals surface area contributed by atoms with E-state index in [1.807, 2.05) is 6.20 Å². The molecule has 1 aliphatic rings. The van der Waals surface area contributed by atoms with Gasteiger partial charge in [-0.1, -0.05) is 27.7 Å². The van der Waals surface area contributed by atoms with E-state index in [0.717, 1.165) is 37.1 Å². The van der Waals surface area contributed by atoms with Gasteiger partial charge in [-0.15, -0.1) is 0 Å². The van der Waals surface area contributed by atoms with Gasteiger partial charge in [0.1, 0.15) is 5.76 Å². The largest absolute Gasteiger partial charge is 0.443 e. The van der Waals surface area contributed by atoms with Crippen LogP contribution in [0.5, 0.6) is 0 Å². The Hall–Kier alpha value is -1.56. The topological polar surface area (TPSA) is 65.7 Å². The predicted octanol–water partition coefficient (Wildman–Crippen LogP) is 2.76. The zero-order valence-corrected chi connectivity index (χ0v) is 16.6. The number of aliphatic imine (C=N–C) groups is 1. The van der Waals surface area contributed by atoms with Gasteiger partial charge in [-0.3, -0.25) is 4.99 Å². The van der Waals surface area contributed by atoms with Crippen molar-refractivity contribution < 1.29 is 4.42 Å². The van der Waals surface area contributed by atoms with Gasteiger partial charge in [0.05, 0.1) is 12.7 Å². The second-order valence-electron chi connectivity index (χ2n) is 8.12. The van der Waals surface area contributed by atoms with Crippen LogP contribution in [0, 0.1) is 5.92 Å². The lowest BCUT2D eigenvalue weighted by Gasteiger charge is -2.30. The van der Waals surface area contributed by atoms with Gasteiger partial charge in [0.25, 0.3) is 0 Å². The van der Waals surface area contributed by atoms with Crippen LogP contribution in [-0.4, -0.2) is 49.1 Å². The molecule has 25 heavy (non-hydrogen) atoms. The summed E-state index contributed by atoms with van der Waals surface area (Å²) < 4.78 is 5.79. The van der Waals surface area contributed by atoms with Crippen LogP contribution in [0.2, 0.25) is 0 Å². The van der Waals surface area contributed by atoms with E-state index >= 15 is 0 Å². The molecule has 1 saturated heterocycles. The number of rotatable bonds is 6. The van der Waals surface area contributed by atoms with Crippen molar-refractivity contribution in [2.24, 2.45) is 10.9 Å². The summed E-state index contributed by atoms with van der Waals surface area (Å²) in [4.78, 5) is 11.2. The van der Waals surface area contributed by atoms with E-state index in [2.05, 4.69) is 53.2 Å². The van der Waals surface area contributed by atoms with E-state index in [4.69, 9.17) is 4.42 Å². The number of nitrogens with zero attached hydrogens (tertiary/aromatic N) is 3. The minimum atomic E-state index is -0.0167. The third kappa shape index (κ3) is 6.69.